The first-order valence-corrected chi connectivity index (χ1v) is 5.64. The average Bonchev–Trinajstić information content (AvgIpc) is 2.34. The van der Waals surface area contributed by atoms with E-state index < -0.39 is 0 Å². The maximum atomic E-state index is 5.33. The maximum absolute atomic E-state index is 5.33. The second-order valence-electron chi connectivity index (χ2n) is 3.76. The van der Waals surface area contributed by atoms with Crippen molar-refractivity contribution in [1.82, 2.24) is 5.32 Å². The first-order chi connectivity index (χ1) is 7.79. The summed E-state index contributed by atoms with van der Waals surface area (Å²) in [5, 5.41) is 3.45. The van der Waals surface area contributed by atoms with Gasteiger partial charge in [-0.2, -0.15) is 0 Å². The summed E-state index contributed by atoms with van der Waals surface area (Å²) in [6.45, 7) is 3.89. The van der Waals surface area contributed by atoms with E-state index in [-0.39, 0.29) is 0 Å². The number of para-hydroxylation sites is 1. The Morgan fingerprint density at radius 3 is 2.69 bits per heavy atom. The largest absolute Gasteiger partial charge is 0.496 e. The molecular weight excluding hydrogens is 202 g/mol. The van der Waals surface area contributed by atoms with Gasteiger partial charge in [-0.3, -0.25) is 0 Å². The molecule has 1 aromatic carbocycles. The van der Waals surface area contributed by atoms with Gasteiger partial charge in [0.15, 0.2) is 0 Å². The molecule has 0 amide bonds. The van der Waals surface area contributed by atoms with E-state index in [1.165, 1.54) is 5.56 Å². The van der Waals surface area contributed by atoms with Crippen LogP contribution in [0.25, 0.3) is 0 Å². The summed E-state index contributed by atoms with van der Waals surface area (Å²) in [5.74, 6) is 0.939. The molecule has 1 atom stereocenters. The van der Waals surface area contributed by atoms with Gasteiger partial charge in [0.2, 0.25) is 0 Å². The molecule has 1 rings (SSSR count). The molecule has 0 aliphatic heterocycles. The van der Waals surface area contributed by atoms with Gasteiger partial charge in [-0.25, -0.2) is 0 Å². The molecule has 0 spiro atoms. The highest BCUT2D eigenvalue weighted by Gasteiger charge is 2.09. The number of rotatable bonds is 7. The fourth-order valence-electron chi connectivity index (χ4n) is 1.67. The topological polar surface area (TPSA) is 30.5 Å². The Balaban J connectivity index is 2.48. The standard InChI is InChI=1S/C13H21NO2/c1-11(14-9-6-10-15-2)12-7-4-5-8-13(12)16-3/h4-5,7-8,11,14H,6,9-10H2,1-3H3/t11-/m0/s1. The van der Waals surface area contributed by atoms with E-state index >= 15 is 0 Å². The normalized spacial score (nSPS) is 12.4. The van der Waals surface area contributed by atoms with Gasteiger partial charge < -0.3 is 14.8 Å². The Bertz CT molecular complexity index is 302. The van der Waals surface area contributed by atoms with E-state index in [2.05, 4.69) is 18.3 Å². The first kappa shape index (κ1) is 13.0. The van der Waals surface area contributed by atoms with E-state index in [1.54, 1.807) is 14.2 Å². The van der Waals surface area contributed by atoms with Crippen LogP contribution in [0.5, 0.6) is 5.75 Å². The fourth-order valence-corrected chi connectivity index (χ4v) is 1.67. The highest BCUT2D eigenvalue weighted by molar-refractivity contribution is 5.35. The SMILES string of the molecule is COCCCN[C@@H](C)c1ccccc1OC. The molecule has 0 saturated carbocycles. The predicted octanol–water partition coefficient (Wildman–Crippen LogP) is 2.38. The maximum Gasteiger partial charge on any atom is 0.123 e. The summed E-state index contributed by atoms with van der Waals surface area (Å²) >= 11 is 0. The molecule has 1 N–H and O–H groups in total. The van der Waals surface area contributed by atoms with E-state index in [9.17, 15) is 0 Å². The zero-order valence-electron chi connectivity index (χ0n) is 10.3. The lowest BCUT2D eigenvalue weighted by Gasteiger charge is -2.17. The van der Waals surface area contributed by atoms with Gasteiger partial charge in [0, 0.05) is 25.3 Å². The third kappa shape index (κ3) is 3.83. The lowest BCUT2D eigenvalue weighted by molar-refractivity contribution is 0.193. The van der Waals surface area contributed by atoms with Gasteiger partial charge in [-0.15, -0.1) is 0 Å². The molecule has 0 aliphatic carbocycles. The lowest BCUT2D eigenvalue weighted by Crippen LogP contribution is -2.21. The molecule has 0 unspecified atom stereocenters. The van der Waals surface area contributed by atoms with Crippen molar-refractivity contribution < 1.29 is 9.47 Å². The minimum Gasteiger partial charge on any atom is -0.496 e. The summed E-state index contributed by atoms with van der Waals surface area (Å²) < 4.78 is 10.3. The molecular formula is C13H21NO2. The van der Waals surface area contributed by atoms with Crippen LogP contribution in [0.1, 0.15) is 24.9 Å². The molecule has 0 heterocycles. The second kappa shape index (κ2) is 7.25. The lowest BCUT2D eigenvalue weighted by atomic mass is 10.1. The van der Waals surface area contributed by atoms with E-state index in [0.717, 1.165) is 25.3 Å². The monoisotopic (exact) mass is 223 g/mol. The van der Waals surface area contributed by atoms with Crippen LogP contribution in [0.4, 0.5) is 0 Å². The molecule has 3 heteroatoms. The van der Waals surface area contributed by atoms with Crippen LogP contribution >= 0.6 is 0 Å². The number of benzene rings is 1. The molecule has 16 heavy (non-hydrogen) atoms. The molecule has 0 aromatic heterocycles. The number of hydrogen-bond acceptors (Lipinski definition) is 3. The zero-order valence-corrected chi connectivity index (χ0v) is 10.3. The van der Waals surface area contributed by atoms with Gasteiger partial charge >= 0.3 is 0 Å². The van der Waals surface area contributed by atoms with Crippen molar-refractivity contribution in [1.29, 1.82) is 0 Å². The fraction of sp³-hybridized carbons (Fsp3) is 0.538. The Morgan fingerprint density at radius 2 is 2.00 bits per heavy atom. The molecule has 1 aromatic rings. The number of methoxy groups -OCH3 is 2. The summed E-state index contributed by atoms with van der Waals surface area (Å²) in [7, 11) is 3.43. The van der Waals surface area contributed by atoms with Crippen molar-refractivity contribution in [2.24, 2.45) is 0 Å². The van der Waals surface area contributed by atoms with E-state index in [1.807, 2.05) is 18.2 Å². The zero-order chi connectivity index (χ0) is 11.8. The summed E-state index contributed by atoms with van der Waals surface area (Å²) in [6.07, 6.45) is 1.02. The predicted molar refractivity (Wildman–Crippen MR) is 65.9 cm³/mol. The van der Waals surface area contributed by atoms with Gasteiger partial charge in [0.1, 0.15) is 5.75 Å². The minimum atomic E-state index is 0.299. The molecule has 90 valence electrons. The number of ether oxygens (including phenoxy) is 2. The van der Waals surface area contributed by atoms with Crippen molar-refractivity contribution in [3.05, 3.63) is 29.8 Å². The van der Waals surface area contributed by atoms with Gasteiger partial charge in [0.25, 0.3) is 0 Å². The van der Waals surface area contributed by atoms with Crippen LogP contribution < -0.4 is 10.1 Å². The Hall–Kier alpha value is -1.06. The quantitative estimate of drug-likeness (QED) is 0.720. The molecule has 3 nitrogen and oxygen atoms in total. The van der Waals surface area contributed by atoms with Crippen LogP contribution in [0.3, 0.4) is 0 Å². The van der Waals surface area contributed by atoms with Crippen LogP contribution in [0, 0.1) is 0 Å². The van der Waals surface area contributed by atoms with Gasteiger partial charge in [0.05, 0.1) is 7.11 Å². The molecule has 0 fully saturated rings. The van der Waals surface area contributed by atoms with Crippen molar-refractivity contribution in [2.45, 2.75) is 19.4 Å². The third-order valence-corrected chi connectivity index (χ3v) is 2.58. The van der Waals surface area contributed by atoms with Crippen LogP contribution in [0.15, 0.2) is 24.3 Å². The Kier molecular flexibility index (Phi) is 5.90. The molecule has 0 bridgehead atoms. The van der Waals surface area contributed by atoms with Crippen molar-refractivity contribution in [2.75, 3.05) is 27.4 Å². The van der Waals surface area contributed by atoms with Gasteiger partial charge in [-0.05, 0) is 26.0 Å². The third-order valence-electron chi connectivity index (χ3n) is 2.58. The van der Waals surface area contributed by atoms with Crippen molar-refractivity contribution in [3.63, 3.8) is 0 Å². The highest BCUT2D eigenvalue weighted by atomic mass is 16.5. The average molecular weight is 223 g/mol. The molecule has 0 aliphatic rings. The highest BCUT2D eigenvalue weighted by Crippen LogP contribution is 2.23. The number of nitrogens with one attached hydrogen (secondary N) is 1. The second-order valence-corrected chi connectivity index (χ2v) is 3.76. The summed E-state index contributed by atoms with van der Waals surface area (Å²) in [5.41, 5.74) is 1.20. The molecule has 0 saturated heterocycles. The summed E-state index contributed by atoms with van der Waals surface area (Å²) in [4.78, 5) is 0. The smallest absolute Gasteiger partial charge is 0.123 e. The molecule has 0 radical (unpaired) electrons. The van der Waals surface area contributed by atoms with E-state index in [4.69, 9.17) is 9.47 Å². The van der Waals surface area contributed by atoms with Crippen molar-refractivity contribution in [3.8, 4) is 5.75 Å². The van der Waals surface area contributed by atoms with Crippen LogP contribution in [0.2, 0.25) is 0 Å². The van der Waals surface area contributed by atoms with E-state index in [0.29, 0.717) is 6.04 Å². The first-order valence-electron chi connectivity index (χ1n) is 5.64. The van der Waals surface area contributed by atoms with Crippen molar-refractivity contribution >= 4 is 0 Å². The van der Waals surface area contributed by atoms with Gasteiger partial charge in [-0.1, -0.05) is 18.2 Å². The Morgan fingerprint density at radius 1 is 1.25 bits per heavy atom. The minimum absolute atomic E-state index is 0.299. The summed E-state index contributed by atoms with van der Waals surface area (Å²) in [6, 6.07) is 8.40. The van der Waals surface area contributed by atoms with Crippen LogP contribution in [-0.4, -0.2) is 27.4 Å². The number of hydrogen-bond donors (Lipinski definition) is 1. The van der Waals surface area contributed by atoms with Crippen LogP contribution in [-0.2, 0) is 4.74 Å². The Labute approximate surface area is 97.8 Å².